The van der Waals surface area contributed by atoms with Gasteiger partial charge in [-0.2, -0.15) is 0 Å². The van der Waals surface area contributed by atoms with Crippen LogP contribution < -0.4 is 20.5 Å². The van der Waals surface area contributed by atoms with Crippen LogP contribution in [0.4, 0.5) is 0 Å². The van der Waals surface area contributed by atoms with E-state index in [4.69, 9.17) is 15.2 Å². The summed E-state index contributed by atoms with van der Waals surface area (Å²) in [5, 5.41) is 3.69. The first-order chi connectivity index (χ1) is 11.6. The number of nitrogens with zero attached hydrogens (tertiary/aromatic N) is 1. The molecular formula is C17H17N3O4. The lowest BCUT2D eigenvalue weighted by Gasteiger charge is -2.16. The van der Waals surface area contributed by atoms with E-state index in [1.165, 1.54) is 7.11 Å². The minimum absolute atomic E-state index is 0.0532. The highest BCUT2D eigenvalue weighted by Gasteiger charge is 2.54. The van der Waals surface area contributed by atoms with Crippen molar-refractivity contribution in [2.75, 3.05) is 13.7 Å². The Morgan fingerprint density at radius 2 is 2.25 bits per heavy atom. The summed E-state index contributed by atoms with van der Waals surface area (Å²) < 4.78 is 11.2. The highest BCUT2D eigenvalue weighted by Crippen LogP contribution is 2.46. The molecule has 1 aliphatic heterocycles. The van der Waals surface area contributed by atoms with Crippen molar-refractivity contribution in [1.82, 2.24) is 10.3 Å². The number of primary amides is 1. The van der Waals surface area contributed by atoms with Crippen molar-refractivity contribution in [3.05, 3.63) is 30.0 Å². The van der Waals surface area contributed by atoms with Crippen molar-refractivity contribution in [2.45, 2.75) is 12.5 Å². The maximum absolute atomic E-state index is 11.6. The number of hydrogen-bond donors (Lipinski definition) is 2. The van der Waals surface area contributed by atoms with E-state index >= 15 is 0 Å². The first-order valence-corrected chi connectivity index (χ1v) is 7.78. The molecule has 2 amide bonds. The molecule has 124 valence electrons. The standard InChI is InChI=1S/C17H17N3O4/c1-23-15-6-10-12(5-11(15)16(18)21)19-3-2-14(10)24-7-13-8-4-9(8)17(22)20-13/h2-3,5-6,8-9,13H,4,7H2,1H3,(H2,18,21)(H,20,22)/t8-,9+,13+/m0/s1. The third-order valence-electron chi connectivity index (χ3n) is 4.73. The Bertz CT molecular complexity index is 851. The number of methoxy groups -OCH3 is 1. The molecular weight excluding hydrogens is 310 g/mol. The number of pyridine rings is 1. The van der Waals surface area contributed by atoms with Crippen molar-refractivity contribution < 1.29 is 19.1 Å². The number of carbonyl (C=O) groups is 2. The fourth-order valence-electron chi connectivity index (χ4n) is 3.34. The number of benzene rings is 1. The number of piperidine rings is 1. The van der Waals surface area contributed by atoms with Crippen LogP contribution in [0, 0.1) is 11.8 Å². The van der Waals surface area contributed by atoms with Crippen LogP contribution in [0.25, 0.3) is 10.9 Å². The number of ether oxygens (including phenoxy) is 2. The normalized spacial score (nSPS) is 24.4. The van der Waals surface area contributed by atoms with E-state index in [1.807, 2.05) is 0 Å². The summed E-state index contributed by atoms with van der Waals surface area (Å²) >= 11 is 0. The van der Waals surface area contributed by atoms with E-state index in [-0.39, 0.29) is 23.4 Å². The fourth-order valence-corrected chi connectivity index (χ4v) is 3.34. The van der Waals surface area contributed by atoms with E-state index in [1.54, 1.807) is 24.4 Å². The van der Waals surface area contributed by atoms with Gasteiger partial charge in [0.25, 0.3) is 5.91 Å². The van der Waals surface area contributed by atoms with Crippen LogP contribution in [0.15, 0.2) is 24.4 Å². The van der Waals surface area contributed by atoms with Gasteiger partial charge < -0.3 is 20.5 Å². The Morgan fingerprint density at radius 3 is 2.88 bits per heavy atom. The minimum Gasteiger partial charge on any atom is -0.496 e. The van der Waals surface area contributed by atoms with Crippen LogP contribution in [0.1, 0.15) is 16.8 Å². The molecule has 24 heavy (non-hydrogen) atoms. The first-order valence-electron chi connectivity index (χ1n) is 7.78. The average Bonchev–Trinajstić information content (AvgIpc) is 3.32. The molecule has 1 aliphatic carbocycles. The molecule has 2 heterocycles. The smallest absolute Gasteiger partial charge is 0.252 e. The van der Waals surface area contributed by atoms with Gasteiger partial charge in [-0.1, -0.05) is 0 Å². The number of amides is 2. The van der Waals surface area contributed by atoms with Gasteiger partial charge in [-0.3, -0.25) is 14.6 Å². The summed E-state index contributed by atoms with van der Waals surface area (Å²) in [4.78, 5) is 27.4. The maximum Gasteiger partial charge on any atom is 0.252 e. The number of nitrogens with one attached hydrogen (secondary N) is 1. The van der Waals surface area contributed by atoms with E-state index in [2.05, 4.69) is 10.3 Å². The van der Waals surface area contributed by atoms with Crippen LogP contribution in [0.3, 0.4) is 0 Å². The molecule has 1 aromatic carbocycles. The summed E-state index contributed by atoms with van der Waals surface area (Å²) in [6, 6.07) is 5.10. The van der Waals surface area contributed by atoms with Crippen molar-refractivity contribution >= 4 is 22.7 Å². The van der Waals surface area contributed by atoms with E-state index in [0.717, 1.165) is 11.8 Å². The summed E-state index contributed by atoms with van der Waals surface area (Å²) in [7, 11) is 1.48. The average molecular weight is 327 g/mol. The van der Waals surface area contributed by atoms with Crippen LogP contribution >= 0.6 is 0 Å². The molecule has 7 nitrogen and oxygen atoms in total. The fraction of sp³-hybridized carbons (Fsp3) is 0.353. The summed E-state index contributed by atoms with van der Waals surface area (Å²) in [6.45, 7) is 0.409. The van der Waals surface area contributed by atoms with E-state index < -0.39 is 5.91 Å². The van der Waals surface area contributed by atoms with Gasteiger partial charge in [-0.25, -0.2) is 0 Å². The predicted octanol–water partition coefficient (Wildman–Crippen LogP) is 0.856. The minimum atomic E-state index is -0.574. The predicted molar refractivity (Wildman–Crippen MR) is 85.8 cm³/mol. The lowest BCUT2D eigenvalue weighted by atomic mass is 10.1. The Hall–Kier alpha value is -2.83. The Kier molecular flexibility index (Phi) is 3.30. The molecule has 2 aliphatic rings. The number of hydrogen-bond acceptors (Lipinski definition) is 5. The molecule has 7 heteroatoms. The van der Waals surface area contributed by atoms with Crippen molar-refractivity contribution in [3.8, 4) is 11.5 Å². The highest BCUT2D eigenvalue weighted by atomic mass is 16.5. The molecule has 3 N–H and O–H groups in total. The molecule has 3 atom stereocenters. The zero-order chi connectivity index (χ0) is 16.8. The van der Waals surface area contributed by atoms with Gasteiger partial charge >= 0.3 is 0 Å². The van der Waals surface area contributed by atoms with Crippen molar-refractivity contribution in [2.24, 2.45) is 17.6 Å². The highest BCUT2D eigenvalue weighted by molar-refractivity contribution is 6.01. The molecule has 0 radical (unpaired) electrons. The zero-order valence-electron chi connectivity index (χ0n) is 13.1. The van der Waals surface area contributed by atoms with Gasteiger partial charge in [0.05, 0.1) is 24.2 Å². The number of aromatic nitrogens is 1. The number of nitrogens with two attached hydrogens (primary N) is 1. The van der Waals surface area contributed by atoms with E-state index in [9.17, 15) is 9.59 Å². The van der Waals surface area contributed by atoms with Gasteiger partial charge in [0, 0.05) is 17.5 Å². The number of fused-ring (bicyclic) bond motifs is 2. The Morgan fingerprint density at radius 1 is 1.42 bits per heavy atom. The molecule has 0 unspecified atom stereocenters. The summed E-state index contributed by atoms with van der Waals surface area (Å²) in [5.41, 5.74) is 6.25. The van der Waals surface area contributed by atoms with Gasteiger partial charge in [-0.05, 0) is 30.5 Å². The molecule has 1 aromatic heterocycles. The van der Waals surface area contributed by atoms with Crippen molar-refractivity contribution in [3.63, 3.8) is 0 Å². The van der Waals surface area contributed by atoms with Crippen LogP contribution in [0.2, 0.25) is 0 Å². The molecule has 2 aromatic rings. The zero-order valence-corrected chi connectivity index (χ0v) is 13.1. The second-order valence-corrected chi connectivity index (χ2v) is 6.18. The third-order valence-corrected chi connectivity index (χ3v) is 4.73. The monoisotopic (exact) mass is 327 g/mol. The Balaban J connectivity index is 1.63. The van der Waals surface area contributed by atoms with Gasteiger partial charge in [-0.15, -0.1) is 0 Å². The maximum atomic E-state index is 11.6. The molecule has 1 saturated heterocycles. The topological polar surface area (TPSA) is 104 Å². The number of rotatable bonds is 5. The largest absolute Gasteiger partial charge is 0.496 e. The second-order valence-electron chi connectivity index (χ2n) is 6.18. The molecule has 4 rings (SSSR count). The van der Waals surface area contributed by atoms with E-state index in [0.29, 0.717) is 29.5 Å². The number of carbonyl (C=O) groups excluding carboxylic acids is 2. The summed E-state index contributed by atoms with van der Waals surface area (Å²) in [6.07, 6.45) is 2.56. The molecule has 2 fully saturated rings. The van der Waals surface area contributed by atoms with Gasteiger partial charge in [0.2, 0.25) is 5.91 Å². The lowest BCUT2D eigenvalue weighted by molar-refractivity contribution is -0.121. The second kappa shape index (κ2) is 5.36. The quantitative estimate of drug-likeness (QED) is 0.847. The van der Waals surface area contributed by atoms with Crippen LogP contribution in [-0.2, 0) is 4.79 Å². The molecule has 1 saturated carbocycles. The third kappa shape index (κ3) is 2.33. The molecule has 0 spiro atoms. The molecule has 0 bridgehead atoms. The van der Waals surface area contributed by atoms with Gasteiger partial charge in [0.1, 0.15) is 18.1 Å². The first kappa shape index (κ1) is 14.7. The van der Waals surface area contributed by atoms with Crippen LogP contribution in [0.5, 0.6) is 11.5 Å². The van der Waals surface area contributed by atoms with Gasteiger partial charge in [0.15, 0.2) is 0 Å². The SMILES string of the molecule is COc1cc2c(OC[C@H]3NC(=O)[C@@H]4C[C@H]34)ccnc2cc1C(N)=O. The summed E-state index contributed by atoms with van der Waals surface area (Å²) in [5.74, 6) is 1.13. The Labute approximate surface area is 138 Å². The van der Waals surface area contributed by atoms with Crippen molar-refractivity contribution in [1.29, 1.82) is 0 Å². The lowest BCUT2D eigenvalue weighted by Crippen LogP contribution is -2.35. The van der Waals surface area contributed by atoms with Crippen LogP contribution in [-0.4, -0.2) is 36.6 Å².